The molecule has 0 spiro atoms. The quantitative estimate of drug-likeness (QED) is 0.705. The van der Waals surface area contributed by atoms with Crippen molar-refractivity contribution in [2.45, 2.75) is 6.29 Å². The zero-order valence-corrected chi connectivity index (χ0v) is 7.23. The molecule has 4 nitrogen and oxygen atoms in total. The number of carboxylic acid groups (broad SMARTS) is 1. The highest BCUT2D eigenvalue weighted by Gasteiger charge is 2.25. The maximum absolute atomic E-state index is 10.7. The van der Waals surface area contributed by atoms with Crippen LogP contribution in [0, 0.1) is 0 Å². The Morgan fingerprint density at radius 3 is 2.86 bits per heavy atom. The number of aliphatic hydroxyl groups excluding tert-OH is 1. The van der Waals surface area contributed by atoms with Gasteiger partial charge in [-0.2, -0.15) is 0 Å². The Balaban J connectivity index is 2.55. The van der Waals surface area contributed by atoms with Gasteiger partial charge in [0.25, 0.3) is 0 Å². The minimum Gasteiger partial charge on any atom is -0.478 e. The van der Waals surface area contributed by atoms with Crippen LogP contribution in [0.2, 0.25) is 0 Å². The molecule has 0 radical (unpaired) electrons. The number of hydrogen-bond donors (Lipinski definition) is 2. The van der Waals surface area contributed by atoms with Gasteiger partial charge in [-0.05, 0) is 12.1 Å². The number of aliphatic hydroxyl groups is 1. The molecule has 1 aliphatic rings. The highest BCUT2D eigenvalue weighted by atomic mass is 16.6. The van der Waals surface area contributed by atoms with Crippen LogP contribution in [-0.4, -0.2) is 16.2 Å². The second-order valence-corrected chi connectivity index (χ2v) is 3.00. The van der Waals surface area contributed by atoms with Crippen LogP contribution >= 0.6 is 0 Å². The fraction of sp³-hybridized carbons (Fsp3) is 0.100. The van der Waals surface area contributed by atoms with Gasteiger partial charge < -0.3 is 14.9 Å². The van der Waals surface area contributed by atoms with Crippen molar-refractivity contribution < 1.29 is 19.7 Å². The summed E-state index contributed by atoms with van der Waals surface area (Å²) in [6.07, 6.45) is -1.03. The van der Waals surface area contributed by atoms with Crippen molar-refractivity contribution in [2.75, 3.05) is 0 Å². The summed E-state index contributed by atoms with van der Waals surface area (Å²) >= 11 is 0. The van der Waals surface area contributed by atoms with Crippen molar-refractivity contribution in [3.63, 3.8) is 0 Å². The van der Waals surface area contributed by atoms with Crippen molar-refractivity contribution in [1.82, 2.24) is 0 Å². The second-order valence-electron chi connectivity index (χ2n) is 3.00. The van der Waals surface area contributed by atoms with Gasteiger partial charge in [0.2, 0.25) is 6.29 Å². The van der Waals surface area contributed by atoms with Gasteiger partial charge in [-0.1, -0.05) is 12.6 Å². The molecule has 0 aromatic heterocycles. The summed E-state index contributed by atoms with van der Waals surface area (Å²) in [7, 11) is 0. The molecule has 1 aromatic carbocycles. The summed E-state index contributed by atoms with van der Waals surface area (Å²) in [4.78, 5) is 10.7. The summed E-state index contributed by atoms with van der Waals surface area (Å²) in [6, 6.07) is 4.39. The lowest BCUT2D eigenvalue weighted by Crippen LogP contribution is -1.98. The van der Waals surface area contributed by atoms with Gasteiger partial charge in [0.1, 0.15) is 5.76 Å². The van der Waals surface area contributed by atoms with Gasteiger partial charge in [0.05, 0.1) is 5.56 Å². The molecule has 4 heteroatoms. The lowest BCUT2D eigenvalue weighted by Gasteiger charge is -2.01. The van der Waals surface area contributed by atoms with Crippen LogP contribution in [0.25, 0.3) is 5.76 Å². The number of benzene rings is 1. The molecule has 0 amide bonds. The van der Waals surface area contributed by atoms with E-state index in [1.165, 1.54) is 18.2 Å². The number of ether oxygens (including phenoxy) is 1. The molecule has 1 heterocycles. The molecule has 14 heavy (non-hydrogen) atoms. The molecular weight excluding hydrogens is 184 g/mol. The van der Waals surface area contributed by atoms with Crippen molar-refractivity contribution in [3.8, 4) is 0 Å². The predicted octanol–water partition coefficient (Wildman–Crippen LogP) is 1.38. The van der Waals surface area contributed by atoms with Crippen LogP contribution in [0.3, 0.4) is 0 Å². The third-order valence-corrected chi connectivity index (χ3v) is 2.12. The maximum Gasteiger partial charge on any atom is 0.335 e. The van der Waals surface area contributed by atoms with E-state index in [-0.39, 0.29) is 5.56 Å². The van der Waals surface area contributed by atoms with Gasteiger partial charge in [0, 0.05) is 11.1 Å². The van der Waals surface area contributed by atoms with Crippen LogP contribution in [0.4, 0.5) is 0 Å². The zero-order chi connectivity index (χ0) is 10.3. The van der Waals surface area contributed by atoms with Gasteiger partial charge in [-0.3, -0.25) is 0 Å². The average Bonchev–Trinajstić information content (AvgIpc) is 2.42. The summed E-state index contributed by atoms with van der Waals surface area (Å²) in [6.45, 7) is 3.57. The van der Waals surface area contributed by atoms with E-state index in [9.17, 15) is 9.90 Å². The Labute approximate surface area is 80.1 Å². The first-order valence-corrected chi connectivity index (χ1v) is 4.01. The first kappa shape index (κ1) is 8.77. The lowest BCUT2D eigenvalue weighted by molar-refractivity contribution is -0.0292. The number of fused-ring (bicyclic) bond motifs is 1. The Hall–Kier alpha value is -1.81. The minimum absolute atomic E-state index is 0.155. The van der Waals surface area contributed by atoms with E-state index in [1.54, 1.807) is 0 Å². The predicted molar refractivity (Wildman–Crippen MR) is 48.5 cm³/mol. The normalized spacial score (nSPS) is 18.9. The van der Waals surface area contributed by atoms with Crippen LogP contribution < -0.4 is 0 Å². The van der Waals surface area contributed by atoms with Crippen LogP contribution in [0.5, 0.6) is 0 Å². The van der Waals surface area contributed by atoms with E-state index in [4.69, 9.17) is 9.84 Å². The summed E-state index contributed by atoms with van der Waals surface area (Å²) in [5.41, 5.74) is 1.26. The van der Waals surface area contributed by atoms with Crippen molar-refractivity contribution >= 4 is 11.7 Å². The van der Waals surface area contributed by atoms with Gasteiger partial charge in [0.15, 0.2) is 0 Å². The van der Waals surface area contributed by atoms with Crippen LogP contribution in [0.1, 0.15) is 27.8 Å². The third kappa shape index (κ3) is 1.16. The molecule has 1 aliphatic heterocycles. The Bertz CT molecular complexity index is 422. The third-order valence-electron chi connectivity index (χ3n) is 2.12. The van der Waals surface area contributed by atoms with E-state index in [1.807, 2.05) is 0 Å². The monoisotopic (exact) mass is 192 g/mol. The van der Waals surface area contributed by atoms with Gasteiger partial charge in [-0.15, -0.1) is 0 Å². The van der Waals surface area contributed by atoms with Gasteiger partial charge >= 0.3 is 5.97 Å². The summed E-state index contributed by atoms with van der Waals surface area (Å²) in [5, 5.41) is 18.1. The second kappa shape index (κ2) is 2.85. The Morgan fingerprint density at radius 1 is 1.50 bits per heavy atom. The van der Waals surface area contributed by atoms with E-state index in [2.05, 4.69) is 6.58 Å². The summed E-state index contributed by atoms with van der Waals surface area (Å²) in [5.74, 6) is -0.711. The van der Waals surface area contributed by atoms with Gasteiger partial charge in [-0.25, -0.2) is 4.79 Å². The highest BCUT2D eigenvalue weighted by molar-refractivity contribution is 5.89. The minimum atomic E-state index is -1.03. The standard InChI is InChI=1S/C10H8O4/c1-5-8-4-6(9(11)12)2-3-7(8)10(13)14-5/h2-4,10,13H,1H2,(H,11,12). The molecule has 1 unspecified atom stereocenters. The molecule has 72 valence electrons. The van der Waals surface area contributed by atoms with E-state index < -0.39 is 12.3 Å². The smallest absolute Gasteiger partial charge is 0.335 e. The number of hydrogen-bond acceptors (Lipinski definition) is 3. The molecular formula is C10H8O4. The Morgan fingerprint density at radius 2 is 2.21 bits per heavy atom. The molecule has 1 atom stereocenters. The zero-order valence-electron chi connectivity index (χ0n) is 7.23. The maximum atomic E-state index is 10.7. The largest absolute Gasteiger partial charge is 0.478 e. The van der Waals surface area contributed by atoms with Crippen LogP contribution in [0.15, 0.2) is 24.8 Å². The molecule has 2 rings (SSSR count). The number of aromatic carboxylic acids is 1. The topological polar surface area (TPSA) is 66.8 Å². The fourth-order valence-corrected chi connectivity index (χ4v) is 1.41. The molecule has 0 saturated heterocycles. The van der Waals surface area contributed by atoms with Crippen molar-refractivity contribution in [3.05, 3.63) is 41.5 Å². The SMILES string of the molecule is C=C1OC(O)c2ccc(C(=O)O)cc21. The fourth-order valence-electron chi connectivity index (χ4n) is 1.41. The van der Waals surface area contributed by atoms with E-state index in [0.717, 1.165) is 0 Å². The highest BCUT2D eigenvalue weighted by Crippen LogP contribution is 2.35. The molecule has 0 aliphatic carbocycles. The van der Waals surface area contributed by atoms with E-state index in [0.29, 0.717) is 16.9 Å². The first-order chi connectivity index (χ1) is 6.59. The van der Waals surface area contributed by atoms with Crippen molar-refractivity contribution in [1.29, 1.82) is 0 Å². The summed E-state index contributed by atoms with van der Waals surface area (Å²) < 4.78 is 4.93. The molecule has 1 aromatic rings. The van der Waals surface area contributed by atoms with E-state index >= 15 is 0 Å². The van der Waals surface area contributed by atoms with Crippen molar-refractivity contribution in [2.24, 2.45) is 0 Å². The Kier molecular flexibility index (Phi) is 1.79. The lowest BCUT2D eigenvalue weighted by atomic mass is 10.0. The number of carbonyl (C=O) groups is 1. The average molecular weight is 192 g/mol. The molecule has 0 fully saturated rings. The molecule has 0 saturated carbocycles. The van der Waals surface area contributed by atoms with Crippen LogP contribution in [-0.2, 0) is 4.74 Å². The molecule has 0 bridgehead atoms. The first-order valence-electron chi connectivity index (χ1n) is 4.01. The number of rotatable bonds is 1. The molecule has 2 N–H and O–H groups in total. The number of carboxylic acids is 1.